The summed E-state index contributed by atoms with van der Waals surface area (Å²) >= 11 is 2.71. The highest BCUT2D eigenvalue weighted by atomic mass is 79.9. The van der Waals surface area contributed by atoms with Gasteiger partial charge in [-0.05, 0) is 45.8 Å². The van der Waals surface area contributed by atoms with Gasteiger partial charge in [0.2, 0.25) is 0 Å². The molecular formula is C20H15BrF3N3O3. The van der Waals surface area contributed by atoms with Gasteiger partial charge in [0.05, 0.1) is 13.2 Å². The highest BCUT2D eigenvalue weighted by Crippen LogP contribution is 2.33. The number of pyridine rings is 1. The lowest BCUT2D eigenvalue weighted by Crippen LogP contribution is -2.39. The van der Waals surface area contributed by atoms with Gasteiger partial charge in [0, 0.05) is 29.8 Å². The monoisotopic (exact) mass is 481 g/mol. The second kappa shape index (κ2) is 7.84. The topological polar surface area (TPSA) is 72.7 Å². The molecule has 4 rings (SSSR count). The number of amides is 1. The largest absolute Gasteiger partial charge is 0.434 e. The summed E-state index contributed by atoms with van der Waals surface area (Å²) in [5.74, 6) is 0.0689. The second-order valence-electron chi connectivity index (χ2n) is 6.88. The van der Waals surface area contributed by atoms with E-state index in [1.807, 2.05) is 0 Å². The Morgan fingerprint density at radius 3 is 2.53 bits per heavy atom. The molecule has 0 atom stereocenters. The van der Waals surface area contributed by atoms with Crippen LogP contribution >= 0.6 is 15.9 Å². The van der Waals surface area contributed by atoms with Crippen LogP contribution in [-0.2, 0) is 10.9 Å². The van der Waals surface area contributed by atoms with E-state index in [2.05, 4.69) is 26.2 Å². The predicted molar refractivity (Wildman–Crippen MR) is 106 cm³/mol. The number of nitrogens with one attached hydrogen (secondary N) is 1. The lowest BCUT2D eigenvalue weighted by Gasteiger charge is -2.25. The van der Waals surface area contributed by atoms with Crippen molar-refractivity contribution in [3.8, 4) is 11.1 Å². The Morgan fingerprint density at radius 2 is 1.93 bits per heavy atom. The molecule has 30 heavy (non-hydrogen) atoms. The number of carbonyl (C=O) groups is 1. The average molecular weight is 482 g/mol. The number of fused-ring (bicyclic) bond motifs is 1. The zero-order valence-electron chi connectivity index (χ0n) is 15.4. The number of alkyl halides is 3. The van der Waals surface area contributed by atoms with E-state index in [0.717, 1.165) is 4.40 Å². The summed E-state index contributed by atoms with van der Waals surface area (Å²) in [5.41, 5.74) is -0.977. The molecule has 10 heteroatoms. The fourth-order valence-electron chi connectivity index (χ4n) is 3.10. The van der Waals surface area contributed by atoms with Gasteiger partial charge in [-0.15, -0.1) is 0 Å². The normalized spacial score (nSPS) is 14.5. The first kappa shape index (κ1) is 20.5. The minimum atomic E-state index is -4.78. The zero-order valence-corrected chi connectivity index (χ0v) is 17.0. The van der Waals surface area contributed by atoms with Gasteiger partial charge < -0.3 is 10.1 Å². The van der Waals surface area contributed by atoms with Gasteiger partial charge >= 0.3 is 6.18 Å². The van der Waals surface area contributed by atoms with Crippen LogP contribution in [0.25, 0.3) is 16.8 Å². The smallest absolute Gasteiger partial charge is 0.381 e. The van der Waals surface area contributed by atoms with Gasteiger partial charge in [-0.25, -0.2) is 4.98 Å². The lowest BCUT2D eigenvalue weighted by molar-refractivity contribution is -0.141. The molecule has 0 bridgehead atoms. The van der Waals surface area contributed by atoms with E-state index in [0.29, 0.717) is 42.4 Å². The maximum absolute atomic E-state index is 13.3. The van der Waals surface area contributed by atoms with Crippen LogP contribution in [0.2, 0.25) is 0 Å². The average Bonchev–Trinajstić information content (AvgIpc) is 2.68. The van der Waals surface area contributed by atoms with Crippen molar-refractivity contribution in [3.05, 3.63) is 68.7 Å². The number of rotatable bonds is 4. The highest BCUT2D eigenvalue weighted by Gasteiger charge is 2.37. The van der Waals surface area contributed by atoms with Gasteiger partial charge in [-0.2, -0.15) is 13.2 Å². The standard InChI is InChI=1S/C20H15BrF3N3O3/c21-15-16(20(22,23)24)26-17-14(2-1-7-27(17)19(15)29)12-3-5-13(6-4-12)18(28)25-8-11-9-30-10-11/h1-7,11H,8-10H2,(H,25,28). The third-order valence-electron chi connectivity index (χ3n) is 4.78. The van der Waals surface area contributed by atoms with Crippen LogP contribution < -0.4 is 10.9 Å². The van der Waals surface area contributed by atoms with Crippen molar-refractivity contribution in [2.24, 2.45) is 5.92 Å². The number of benzene rings is 1. The summed E-state index contributed by atoms with van der Waals surface area (Å²) in [4.78, 5) is 28.3. The van der Waals surface area contributed by atoms with E-state index in [1.54, 1.807) is 36.4 Å². The van der Waals surface area contributed by atoms with Crippen molar-refractivity contribution in [1.29, 1.82) is 0 Å². The van der Waals surface area contributed by atoms with E-state index in [1.165, 1.54) is 6.20 Å². The minimum Gasteiger partial charge on any atom is -0.381 e. The predicted octanol–water partition coefficient (Wildman–Crippen LogP) is 3.52. The molecular weight excluding hydrogens is 467 g/mol. The Kier molecular flexibility index (Phi) is 5.37. The number of ether oxygens (including phenoxy) is 1. The first-order chi connectivity index (χ1) is 14.3. The highest BCUT2D eigenvalue weighted by molar-refractivity contribution is 9.10. The molecule has 1 aliphatic rings. The van der Waals surface area contributed by atoms with Gasteiger partial charge in [0.25, 0.3) is 11.5 Å². The van der Waals surface area contributed by atoms with E-state index in [4.69, 9.17) is 4.74 Å². The van der Waals surface area contributed by atoms with Crippen LogP contribution in [0.4, 0.5) is 13.2 Å². The van der Waals surface area contributed by atoms with Crippen LogP contribution in [0.3, 0.4) is 0 Å². The van der Waals surface area contributed by atoms with Crippen molar-refractivity contribution < 1.29 is 22.7 Å². The summed E-state index contributed by atoms with van der Waals surface area (Å²) < 4.78 is 45.4. The third kappa shape index (κ3) is 3.84. The molecule has 3 aromatic rings. The molecule has 1 aliphatic heterocycles. The van der Waals surface area contributed by atoms with Crippen molar-refractivity contribution in [1.82, 2.24) is 14.7 Å². The Labute approximate surface area is 176 Å². The first-order valence-electron chi connectivity index (χ1n) is 9.00. The van der Waals surface area contributed by atoms with Crippen molar-refractivity contribution >= 4 is 27.5 Å². The molecule has 1 aromatic carbocycles. The molecule has 0 aliphatic carbocycles. The van der Waals surface area contributed by atoms with Gasteiger partial charge in [-0.1, -0.05) is 12.1 Å². The maximum Gasteiger partial charge on any atom is 0.434 e. The van der Waals surface area contributed by atoms with Crippen LogP contribution in [0.15, 0.2) is 51.9 Å². The molecule has 0 spiro atoms. The first-order valence-corrected chi connectivity index (χ1v) is 9.79. The molecule has 1 amide bonds. The molecule has 0 saturated carbocycles. The molecule has 0 radical (unpaired) electrons. The fourth-order valence-corrected chi connectivity index (χ4v) is 3.60. The maximum atomic E-state index is 13.3. The Balaban J connectivity index is 1.69. The van der Waals surface area contributed by atoms with Crippen molar-refractivity contribution in [2.45, 2.75) is 6.18 Å². The summed E-state index contributed by atoms with van der Waals surface area (Å²) in [7, 11) is 0. The number of carbonyl (C=O) groups excluding carboxylic acids is 1. The van der Waals surface area contributed by atoms with E-state index in [9.17, 15) is 22.8 Å². The van der Waals surface area contributed by atoms with Crippen LogP contribution in [0, 0.1) is 5.92 Å². The Morgan fingerprint density at radius 1 is 1.23 bits per heavy atom. The minimum absolute atomic E-state index is 0.125. The second-order valence-corrected chi connectivity index (χ2v) is 7.68. The van der Waals surface area contributed by atoms with E-state index < -0.39 is 21.9 Å². The Hall–Kier alpha value is -2.72. The number of halogens is 4. The molecule has 156 valence electrons. The molecule has 2 aromatic heterocycles. The van der Waals surface area contributed by atoms with Crippen LogP contribution in [0.1, 0.15) is 16.1 Å². The molecule has 3 heterocycles. The molecule has 0 unspecified atom stereocenters. The summed E-state index contributed by atoms with van der Waals surface area (Å²) in [6, 6.07) is 9.49. The van der Waals surface area contributed by atoms with Gasteiger partial charge in [0.1, 0.15) is 10.1 Å². The lowest BCUT2D eigenvalue weighted by atomic mass is 10.0. The van der Waals surface area contributed by atoms with Crippen molar-refractivity contribution in [3.63, 3.8) is 0 Å². The quantitative estimate of drug-likeness (QED) is 0.618. The van der Waals surface area contributed by atoms with E-state index >= 15 is 0 Å². The molecule has 1 fully saturated rings. The number of aromatic nitrogens is 2. The van der Waals surface area contributed by atoms with Gasteiger partial charge in [-0.3, -0.25) is 14.0 Å². The molecule has 1 saturated heterocycles. The summed E-state index contributed by atoms with van der Waals surface area (Å²) in [6.45, 7) is 1.78. The molecule has 1 N–H and O–H groups in total. The van der Waals surface area contributed by atoms with Crippen LogP contribution in [0.5, 0.6) is 0 Å². The summed E-state index contributed by atoms with van der Waals surface area (Å²) in [6.07, 6.45) is -3.43. The van der Waals surface area contributed by atoms with E-state index in [-0.39, 0.29) is 11.6 Å². The number of hydrogen-bond acceptors (Lipinski definition) is 4. The zero-order chi connectivity index (χ0) is 21.5. The summed E-state index contributed by atoms with van der Waals surface area (Å²) in [5, 5.41) is 2.82. The van der Waals surface area contributed by atoms with Crippen LogP contribution in [-0.4, -0.2) is 35.1 Å². The fraction of sp³-hybridized carbons (Fsp3) is 0.250. The number of hydrogen-bond donors (Lipinski definition) is 1. The Bertz CT molecular complexity index is 1170. The van der Waals surface area contributed by atoms with Gasteiger partial charge in [0.15, 0.2) is 5.69 Å². The van der Waals surface area contributed by atoms with Crippen molar-refractivity contribution in [2.75, 3.05) is 19.8 Å². The molecule has 6 nitrogen and oxygen atoms in total. The number of nitrogens with zero attached hydrogens (tertiary/aromatic N) is 2. The third-order valence-corrected chi connectivity index (χ3v) is 5.50. The SMILES string of the molecule is O=C(NCC1COC1)c1ccc(-c2cccn3c(=O)c(Br)c(C(F)(F)F)nc23)cc1.